The molecule has 2 aromatic carbocycles. The normalized spacial score (nSPS) is 11.2. The van der Waals surface area contributed by atoms with Crippen LogP contribution in [-0.4, -0.2) is 39.7 Å². The van der Waals surface area contributed by atoms with E-state index in [4.69, 9.17) is 5.10 Å². The van der Waals surface area contributed by atoms with E-state index < -0.39 is 0 Å². The summed E-state index contributed by atoms with van der Waals surface area (Å²) < 4.78 is 1.76. The summed E-state index contributed by atoms with van der Waals surface area (Å²) in [6.45, 7) is 11.1. The molecule has 0 bridgehead atoms. The summed E-state index contributed by atoms with van der Waals surface area (Å²) in [7, 11) is 0. The predicted molar refractivity (Wildman–Crippen MR) is 136 cm³/mol. The quantitative estimate of drug-likeness (QED) is 0.493. The van der Waals surface area contributed by atoms with Crippen LogP contribution in [0.5, 0.6) is 0 Å². The Balaban J connectivity index is 1.75. The van der Waals surface area contributed by atoms with Crippen LogP contribution < -0.4 is 10.6 Å². The Labute approximate surface area is 202 Å². The van der Waals surface area contributed by atoms with Crippen LogP contribution in [0.2, 0.25) is 0 Å². The van der Waals surface area contributed by atoms with Crippen LogP contribution in [0, 0.1) is 6.92 Å². The molecule has 2 N–H and O–H groups in total. The van der Waals surface area contributed by atoms with E-state index in [0.29, 0.717) is 18.9 Å². The van der Waals surface area contributed by atoms with Crippen molar-refractivity contribution in [3.8, 4) is 5.69 Å². The predicted octanol–water partition coefficient (Wildman–Crippen LogP) is 5.04. The molecule has 0 aliphatic rings. The lowest BCUT2D eigenvalue weighted by atomic mass is 9.92. The molecule has 34 heavy (non-hydrogen) atoms. The van der Waals surface area contributed by atoms with Gasteiger partial charge in [0.05, 0.1) is 11.4 Å². The lowest BCUT2D eigenvalue weighted by Crippen LogP contribution is -2.44. The van der Waals surface area contributed by atoms with Crippen molar-refractivity contribution in [2.45, 2.75) is 53.0 Å². The van der Waals surface area contributed by atoms with Crippen molar-refractivity contribution in [1.29, 1.82) is 0 Å². The number of rotatable bonds is 8. The van der Waals surface area contributed by atoms with Gasteiger partial charge in [0.1, 0.15) is 12.4 Å². The molecule has 0 spiro atoms. The first kappa shape index (κ1) is 25.0. The second kappa shape index (κ2) is 11.0. The molecule has 0 radical (unpaired) electrons. The zero-order chi connectivity index (χ0) is 24.7. The molecule has 0 unspecified atom stereocenters. The van der Waals surface area contributed by atoms with E-state index in [1.54, 1.807) is 4.68 Å². The fraction of sp³-hybridized carbons (Fsp3) is 0.370. The molecule has 0 atom stereocenters. The van der Waals surface area contributed by atoms with Gasteiger partial charge in [0.2, 0.25) is 5.91 Å². The molecule has 3 aromatic rings. The molecule has 7 nitrogen and oxygen atoms in total. The molecular formula is C27H35N5O2. The Morgan fingerprint density at radius 3 is 2.41 bits per heavy atom. The maximum absolute atomic E-state index is 13.0. The van der Waals surface area contributed by atoms with E-state index in [0.717, 1.165) is 28.9 Å². The van der Waals surface area contributed by atoms with E-state index in [9.17, 15) is 9.59 Å². The van der Waals surface area contributed by atoms with Crippen LogP contribution in [0.4, 0.5) is 10.6 Å². The number of urea groups is 1. The molecule has 1 heterocycles. The number of nitrogens with one attached hydrogen (secondary N) is 2. The topological polar surface area (TPSA) is 79.3 Å². The van der Waals surface area contributed by atoms with Gasteiger partial charge in [-0.2, -0.15) is 5.10 Å². The van der Waals surface area contributed by atoms with E-state index in [1.165, 1.54) is 4.90 Å². The van der Waals surface area contributed by atoms with E-state index in [2.05, 4.69) is 31.4 Å². The number of hydrogen-bond acceptors (Lipinski definition) is 3. The number of aryl methyl sites for hydroxylation is 1. The van der Waals surface area contributed by atoms with E-state index in [1.807, 2.05) is 74.5 Å². The summed E-state index contributed by atoms with van der Waals surface area (Å²) in [6.07, 6.45) is 0.751. The first-order valence-electron chi connectivity index (χ1n) is 11.7. The second-order valence-corrected chi connectivity index (χ2v) is 9.53. The summed E-state index contributed by atoms with van der Waals surface area (Å²) in [5.41, 5.74) is 3.67. The van der Waals surface area contributed by atoms with Crippen molar-refractivity contribution < 1.29 is 9.59 Å². The number of benzene rings is 2. The molecule has 7 heteroatoms. The summed E-state index contributed by atoms with van der Waals surface area (Å²) in [5, 5.41) is 10.7. The van der Waals surface area contributed by atoms with Crippen molar-refractivity contribution in [2.24, 2.45) is 0 Å². The average molecular weight is 462 g/mol. The number of aromatic nitrogens is 2. The number of amides is 3. The number of carbonyl (C=O) groups is 2. The van der Waals surface area contributed by atoms with Gasteiger partial charge in [-0.3, -0.25) is 4.79 Å². The largest absolute Gasteiger partial charge is 0.334 e. The number of anilines is 1. The SMILES string of the molecule is CCCN(CC(=O)Nc1cc(C(C)(C)C)nn1-c1cccc(C)c1)C(=O)NCc1ccccc1. The van der Waals surface area contributed by atoms with Gasteiger partial charge in [0, 0.05) is 24.6 Å². The van der Waals surface area contributed by atoms with E-state index >= 15 is 0 Å². The van der Waals surface area contributed by atoms with Gasteiger partial charge < -0.3 is 15.5 Å². The highest BCUT2D eigenvalue weighted by molar-refractivity contribution is 5.94. The van der Waals surface area contributed by atoms with Crippen LogP contribution in [-0.2, 0) is 16.8 Å². The van der Waals surface area contributed by atoms with Gasteiger partial charge in [-0.15, -0.1) is 0 Å². The smallest absolute Gasteiger partial charge is 0.318 e. The number of carbonyl (C=O) groups excluding carboxylic acids is 2. The van der Waals surface area contributed by atoms with Gasteiger partial charge >= 0.3 is 6.03 Å². The molecule has 3 rings (SSSR count). The van der Waals surface area contributed by atoms with Crippen molar-refractivity contribution in [3.05, 3.63) is 77.5 Å². The van der Waals surface area contributed by atoms with Crippen molar-refractivity contribution in [2.75, 3.05) is 18.4 Å². The highest BCUT2D eigenvalue weighted by Gasteiger charge is 2.23. The minimum absolute atomic E-state index is 0.0433. The molecular weight excluding hydrogens is 426 g/mol. The van der Waals surface area contributed by atoms with Crippen molar-refractivity contribution in [3.63, 3.8) is 0 Å². The molecule has 3 amide bonds. The Morgan fingerprint density at radius 2 is 1.76 bits per heavy atom. The Bertz CT molecular complexity index is 1120. The van der Waals surface area contributed by atoms with Crippen molar-refractivity contribution >= 4 is 17.8 Å². The monoisotopic (exact) mass is 461 g/mol. The van der Waals surface area contributed by atoms with Crippen LogP contribution in [0.25, 0.3) is 5.69 Å². The minimum atomic E-state index is -0.266. The number of nitrogens with zero attached hydrogens (tertiary/aromatic N) is 3. The molecule has 0 fully saturated rings. The Hall–Kier alpha value is -3.61. The first-order chi connectivity index (χ1) is 16.2. The molecule has 0 saturated heterocycles. The average Bonchev–Trinajstić information content (AvgIpc) is 3.22. The van der Waals surface area contributed by atoms with Gasteiger partial charge in [0.25, 0.3) is 0 Å². The maximum atomic E-state index is 13.0. The fourth-order valence-electron chi connectivity index (χ4n) is 3.56. The Kier molecular flexibility index (Phi) is 8.10. The standard InChI is InChI=1S/C27H35N5O2/c1-6-15-31(26(34)28-18-21-12-8-7-9-13-21)19-25(33)29-24-17-23(27(3,4)5)30-32(24)22-14-10-11-20(2)16-22/h7-14,16-17H,6,15,18-19H2,1-5H3,(H,28,34)(H,29,33). The zero-order valence-corrected chi connectivity index (χ0v) is 20.8. The van der Waals surface area contributed by atoms with Gasteiger partial charge in [0.15, 0.2) is 0 Å². The minimum Gasteiger partial charge on any atom is -0.334 e. The van der Waals surface area contributed by atoms with Gasteiger partial charge in [-0.25, -0.2) is 9.48 Å². The molecule has 0 aliphatic heterocycles. The Morgan fingerprint density at radius 1 is 1.03 bits per heavy atom. The third kappa shape index (κ3) is 6.70. The third-order valence-corrected chi connectivity index (χ3v) is 5.39. The highest BCUT2D eigenvalue weighted by atomic mass is 16.2. The van der Waals surface area contributed by atoms with Crippen molar-refractivity contribution in [1.82, 2.24) is 20.0 Å². The molecule has 180 valence electrons. The molecule has 0 saturated carbocycles. The first-order valence-corrected chi connectivity index (χ1v) is 11.7. The van der Waals surface area contributed by atoms with E-state index in [-0.39, 0.29) is 23.9 Å². The van der Waals surface area contributed by atoms with Crippen LogP contribution in [0.3, 0.4) is 0 Å². The fourth-order valence-corrected chi connectivity index (χ4v) is 3.56. The van der Waals surface area contributed by atoms with Crippen LogP contribution in [0.15, 0.2) is 60.7 Å². The molecule has 1 aromatic heterocycles. The lowest BCUT2D eigenvalue weighted by Gasteiger charge is -2.22. The van der Waals surface area contributed by atoms with Crippen LogP contribution in [0.1, 0.15) is 50.9 Å². The summed E-state index contributed by atoms with van der Waals surface area (Å²) in [6, 6.07) is 19.3. The lowest BCUT2D eigenvalue weighted by molar-refractivity contribution is -0.116. The van der Waals surface area contributed by atoms with Crippen LogP contribution >= 0.6 is 0 Å². The summed E-state index contributed by atoms with van der Waals surface area (Å²) >= 11 is 0. The number of hydrogen-bond donors (Lipinski definition) is 2. The second-order valence-electron chi connectivity index (χ2n) is 9.53. The highest BCUT2D eigenvalue weighted by Crippen LogP contribution is 2.26. The summed E-state index contributed by atoms with van der Waals surface area (Å²) in [4.78, 5) is 27.3. The maximum Gasteiger partial charge on any atom is 0.318 e. The third-order valence-electron chi connectivity index (χ3n) is 5.39. The zero-order valence-electron chi connectivity index (χ0n) is 20.8. The van der Waals surface area contributed by atoms with Gasteiger partial charge in [-0.1, -0.05) is 70.2 Å². The summed E-state index contributed by atoms with van der Waals surface area (Å²) in [5.74, 6) is 0.319. The van der Waals surface area contributed by atoms with Gasteiger partial charge in [-0.05, 0) is 36.6 Å². The molecule has 0 aliphatic carbocycles.